The van der Waals surface area contributed by atoms with E-state index in [4.69, 9.17) is 4.74 Å². The molecular weight excluding hydrogens is 242 g/mol. The first-order valence-electron chi connectivity index (χ1n) is 5.75. The summed E-state index contributed by atoms with van der Waals surface area (Å²) in [7, 11) is 2.43. The molecule has 0 rings (SSSR count). The van der Waals surface area contributed by atoms with Gasteiger partial charge in [-0.15, -0.1) is 0 Å². The Kier molecular flexibility index (Phi) is 8.71. The lowest BCUT2D eigenvalue weighted by molar-refractivity contribution is 0.122. The minimum atomic E-state index is -3.23. The Morgan fingerprint density at radius 3 is 2.47 bits per heavy atom. The van der Waals surface area contributed by atoms with Crippen LogP contribution in [0, 0.1) is 0 Å². The molecule has 0 saturated carbocycles. The van der Waals surface area contributed by atoms with Crippen LogP contribution in [-0.2, 0) is 14.8 Å². The fourth-order valence-corrected chi connectivity index (χ4v) is 2.18. The molecule has 0 heterocycles. The highest BCUT2D eigenvalue weighted by Gasteiger charge is 2.18. The molecule has 0 fully saturated rings. The fraction of sp³-hybridized carbons (Fsp3) is 1.00. The molecule has 0 aliphatic heterocycles. The Morgan fingerprint density at radius 1 is 1.29 bits per heavy atom. The van der Waals surface area contributed by atoms with Gasteiger partial charge in [0.15, 0.2) is 0 Å². The van der Waals surface area contributed by atoms with Crippen molar-refractivity contribution >= 4 is 10.0 Å². The first-order valence-corrected chi connectivity index (χ1v) is 7.30. The van der Waals surface area contributed by atoms with E-state index < -0.39 is 15.3 Å². The van der Waals surface area contributed by atoms with Crippen molar-refractivity contribution in [2.24, 2.45) is 0 Å². The summed E-state index contributed by atoms with van der Waals surface area (Å²) in [6, 6.07) is 0. The van der Waals surface area contributed by atoms with Crippen LogP contribution in [0.3, 0.4) is 0 Å². The van der Waals surface area contributed by atoms with Gasteiger partial charge >= 0.3 is 0 Å². The summed E-state index contributed by atoms with van der Waals surface area (Å²) in [6.07, 6.45) is 0. The number of ether oxygens (including phenoxy) is 1. The summed E-state index contributed by atoms with van der Waals surface area (Å²) >= 11 is 0. The fourth-order valence-electron chi connectivity index (χ4n) is 1.14. The summed E-state index contributed by atoms with van der Waals surface area (Å²) in [5.74, 6) is 0. The van der Waals surface area contributed by atoms with Gasteiger partial charge in [-0.25, -0.2) is 13.1 Å². The van der Waals surface area contributed by atoms with Crippen molar-refractivity contribution in [3.63, 3.8) is 0 Å². The van der Waals surface area contributed by atoms with E-state index in [1.807, 2.05) is 19.0 Å². The molecule has 0 radical (unpaired) electrons. The van der Waals surface area contributed by atoms with Crippen LogP contribution in [0.4, 0.5) is 0 Å². The highest BCUT2D eigenvalue weighted by atomic mass is 32.2. The predicted octanol–water partition coefficient (Wildman–Crippen LogP) is -0.908. The number of nitrogens with one attached hydrogen (secondary N) is 2. The lowest BCUT2D eigenvalue weighted by atomic mass is 10.5. The molecule has 0 bridgehead atoms. The molecule has 0 amide bonds. The Bertz CT molecular complexity index is 281. The van der Waals surface area contributed by atoms with Crippen LogP contribution in [0.5, 0.6) is 0 Å². The first-order chi connectivity index (χ1) is 7.90. The summed E-state index contributed by atoms with van der Waals surface area (Å²) in [4.78, 5) is 2.01. The van der Waals surface area contributed by atoms with Crippen LogP contribution < -0.4 is 10.0 Å². The van der Waals surface area contributed by atoms with Gasteiger partial charge in [-0.2, -0.15) is 0 Å². The van der Waals surface area contributed by atoms with Crippen LogP contribution in [0.25, 0.3) is 0 Å². The monoisotopic (exact) mass is 267 g/mol. The van der Waals surface area contributed by atoms with Crippen molar-refractivity contribution in [1.82, 2.24) is 14.9 Å². The second-order valence-electron chi connectivity index (χ2n) is 4.22. The number of rotatable bonds is 10. The molecule has 0 aromatic rings. The molecule has 0 aromatic carbocycles. The molecule has 6 nitrogen and oxygen atoms in total. The zero-order chi connectivity index (χ0) is 13.3. The van der Waals surface area contributed by atoms with E-state index in [1.54, 1.807) is 14.0 Å². The molecule has 0 saturated heterocycles. The molecule has 0 aliphatic carbocycles. The van der Waals surface area contributed by atoms with Gasteiger partial charge in [-0.3, -0.25) is 0 Å². The second kappa shape index (κ2) is 8.82. The zero-order valence-electron chi connectivity index (χ0n) is 11.2. The Morgan fingerprint density at radius 2 is 1.94 bits per heavy atom. The van der Waals surface area contributed by atoms with Gasteiger partial charge in [0, 0.05) is 19.6 Å². The second-order valence-corrected chi connectivity index (χ2v) is 6.41. The zero-order valence-corrected chi connectivity index (χ0v) is 12.0. The van der Waals surface area contributed by atoms with Gasteiger partial charge in [-0.1, -0.05) is 0 Å². The van der Waals surface area contributed by atoms with Crippen LogP contribution >= 0.6 is 0 Å². The summed E-state index contributed by atoms with van der Waals surface area (Å²) in [5.41, 5.74) is 0. The van der Waals surface area contributed by atoms with Crippen molar-refractivity contribution in [2.75, 3.05) is 54.0 Å². The largest absolute Gasteiger partial charge is 0.379 e. The first kappa shape index (κ1) is 16.8. The van der Waals surface area contributed by atoms with Gasteiger partial charge in [-0.05, 0) is 28.1 Å². The quantitative estimate of drug-likeness (QED) is 0.502. The van der Waals surface area contributed by atoms with E-state index in [2.05, 4.69) is 10.0 Å². The summed E-state index contributed by atoms with van der Waals surface area (Å²) in [6.45, 7) is 4.29. The van der Waals surface area contributed by atoms with Gasteiger partial charge in [0.1, 0.15) is 0 Å². The molecule has 104 valence electrons. The molecule has 1 atom stereocenters. The van der Waals surface area contributed by atoms with E-state index in [9.17, 15) is 8.42 Å². The number of hydrogen-bond acceptors (Lipinski definition) is 5. The third-order valence-corrected chi connectivity index (χ3v) is 4.09. The summed E-state index contributed by atoms with van der Waals surface area (Å²) in [5, 5.41) is 2.40. The third kappa shape index (κ3) is 8.50. The molecule has 17 heavy (non-hydrogen) atoms. The van der Waals surface area contributed by atoms with Gasteiger partial charge in [0.05, 0.1) is 18.5 Å². The number of nitrogens with zero attached hydrogens (tertiary/aromatic N) is 1. The molecule has 0 spiro atoms. The SMILES string of the molecule is CNCC(C)S(=O)(=O)NCCOCCN(C)C. The number of sulfonamides is 1. The Hall–Kier alpha value is -0.210. The maximum atomic E-state index is 11.6. The summed E-state index contributed by atoms with van der Waals surface area (Å²) < 4.78 is 31.1. The molecular formula is C10H25N3O3S. The van der Waals surface area contributed by atoms with Crippen LogP contribution in [-0.4, -0.2) is 72.6 Å². The Balaban J connectivity index is 3.66. The van der Waals surface area contributed by atoms with E-state index in [0.29, 0.717) is 26.3 Å². The van der Waals surface area contributed by atoms with Gasteiger partial charge in [0.2, 0.25) is 10.0 Å². The van der Waals surface area contributed by atoms with Crippen LogP contribution in [0.1, 0.15) is 6.92 Å². The van der Waals surface area contributed by atoms with E-state index in [1.165, 1.54) is 0 Å². The Labute approximate surface area is 105 Å². The molecule has 7 heteroatoms. The average Bonchev–Trinajstić information content (AvgIpc) is 2.23. The lowest BCUT2D eigenvalue weighted by Gasteiger charge is -2.14. The third-order valence-electron chi connectivity index (χ3n) is 2.25. The molecule has 0 aliphatic rings. The van der Waals surface area contributed by atoms with Crippen molar-refractivity contribution in [1.29, 1.82) is 0 Å². The maximum absolute atomic E-state index is 11.6. The van der Waals surface area contributed by atoms with Crippen molar-refractivity contribution in [3.8, 4) is 0 Å². The lowest BCUT2D eigenvalue weighted by Crippen LogP contribution is -2.39. The van der Waals surface area contributed by atoms with Crippen LogP contribution in [0.2, 0.25) is 0 Å². The van der Waals surface area contributed by atoms with E-state index >= 15 is 0 Å². The van der Waals surface area contributed by atoms with Crippen molar-refractivity contribution < 1.29 is 13.2 Å². The molecule has 2 N–H and O–H groups in total. The molecule has 0 aromatic heterocycles. The average molecular weight is 267 g/mol. The standard InChI is InChI=1S/C10H25N3O3S/c1-10(9-11-2)17(14,15)12-5-7-16-8-6-13(3)4/h10-12H,5-9H2,1-4H3. The minimum absolute atomic E-state index is 0.323. The number of hydrogen-bond donors (Lipinski definition) is 2. The van der Waals surface area contributed by atoms with E-state index in [-0.39, 0.29) is 0 Å². The van der Waals surface area contributed by atoms with Gasteiger partial charge in [0.25, 0.3) is 0 Å². The topological polar surface area (TPSA) is 70.7 Å². The van der Waals surface area contributed by atoms with Crippen molar-refractivity contribution in [3.05, 3.63) is 0 Å². The molecule has 1 unspecified atom stereocenters. The van der Waals surface area contributed by atoms with E-state index in [0.717, 1.165) is 6.54 Å². The highest BCUT2D eigenvalue weighted by molar-refractivity contribution is 7.90. The van der Waals surface area contributed by atoms with Crippen LogP contribution in [0.15, 0.2) is 0 Å². The maximum Gasteiger partial charge on any atom is 0.215 e. The smallest absolute Gasteiger partial charge is 0.215 e. The predicted molar refractivity (Wildman–Crippen MR) is 69.7 cm³/mol. The number of likely N-dealkylation sites (N-methyl/N-ethyl adjacent to an activating group) is 1. The normalized spacial score (nSPS) is 14.2. The minimum Gasteiger partial charge on any atom is -0.379 e. The van der Waals surface area contributed by atoms with Crippen molar-refractivity contribution in [2.45, 2.75) is 12.2 Å². The highest BCUT2D eigenvalue weighted by Crippen LogP contribution is 1.95. The van der Waals surface area contributed by atoms with Gasteiger partial charge < -0.3 is 15.0 Å².